The summed E-state index contributed by atoms with van der Waals surface area (Å²) in [6.07, 6.45) is 9.37. The van der Waals surface area contributed by atoms with E-state index in [2.05, 4.69) is 22.7 Å². The van der Waals surface area contributed by atoms with Crippen LogP contribution in [-0.4, -0.2) is 51.3 Å². The molecule has 0 aliphatic carbocycles. The van der Waals surface area contributed by atoms with Gasteiger partial charge in [0, 0.05) is 48.7 Å². The van der Waals surface area contributed by atoms with Crippen LogP contribution in [0.25, 0.3) is 5.65 Å². The molecule has 2 aromatic heterocycles. The van der Waals surface area contributed by atoms with Crippen LogP contribution in [0, 0.1) is 6.92 Å². The molecule has 3 aromatic rings. The van der Waals surface area contributed by atoms with Gasteiger partial charge in [-0.15, -0.1) is 0 Å². The van der Waals surface area contributed by atoms with E-state index in [4.69, 9.17) is 21.7 Å². The number of carbonyl (C=O) groups is 1. The Kier molecular flexibility index (Phi) is 6.38. The number of hydrogen-bond acceptors (Lipinski definition) is 6. The molecule has 2 fully saturated rings. The van der Waals surface area contributed by atoms with Crippen LogP contribution in [0.3, 0.4) is 0 Å². The molecule has 9 heteroatoms. The number of fused-ring (bicyclic) bond motifs is 1. The number of benzene rings is 1. The van der Waals surface area contributed by atoms with Crippen LogP contribution in [0.15, 0.2) is 30.5 Å². The van der Waals surface area contributed by atoms with Crippen molar-refractivity contribution in [3.8, 4) is 0 Å². The largest absolute Gasteiger partial charge is 0.356 e. The minimum absolute atomic E-state index is 0.0160. The van der Waals surface area contributed by atoms with Gasteiger partial charge in [0.2, 0.25) is 0 Å². The molecule has 0 bridgehead atoms. The third kappa shape index (κ3) is 4.38. The van der Waals surface area contributed by atoms with Crippen molar-refractivity contribution in [2.75, 3.05) is 35.5 Å². The topological polar surface area (TPSA) is 65.8 Å². The van der Waals surface area contributed by atoms with Crippen molar-refractivity contribution in [1.29, 1.82) is 0 Å². The molecular formula is C24H29ClN6OS. The number of anilines is 2. The summed E-state index contributed by atoms with van der Waals surface area (Å²) >= 11 is 7.72. The Labute approximate surface area is 203 Å². The van der Waals surface area contributed by atoms with Crippen molar-refractivity contribution in [1.82, 2.24) is 19.5 Å². The molecule has 0 radical (unpaired) electrons. The first-order chi connectivity index (χ1) is 16.0. The highest BCUT2D eigenvalue weighted by Gasteiger charge is 2.32. The maximum atomic E-state index is 13.7. The number of carbonyl (C=O) groups excluding carboxylic acids is 1. The fourth-order valence-electron chi connectivity index (χ4n) is 4.96. The van der Waals surface area contributed by atoms with Gasteiger partial charge in [-0.25, -0.2) is 9.50 Å². The summed E-state index contributed by atoms with van der Waals surface area (Å²) in [4.78, 5) is 22.9. The van der Waals surface area contributed by atoms with Crippen LogP contribution in [0.5, 0.6) is 0 Å². The van der Waals surface area contributed by atoms with E-state index in [1.807, 2.05) is 27.8 Å². The second kappa shape index (κ2) is 9.43. The van der Waals surface area contributed by atoms with E-state index in [0.29, 0.717) is 17.1 Å². The van der Waals surface area contributed by atoms with Gasteiger partial charge in [0.25, 0.3) is 5.91 Å². The molecule has 2 saturated heterocycles. The summed E-state index contributed by atoms with van der Waals surface area (Å²) in [7, 11) is 0. The summed E-state index contributed by atoms with van der Waals surface area (Å²) in [5.74, 6) is 1.03. The third-order valence-corrected chi connectivity index (χ3v) is 7.22. The van der Waals surface area contributed by atoms with Gasteiger partial charge >= 0.3 is 0 Å². The van der Waals surface area contributed by atoms with Gasteiger partial charge in [-0.3, -0.25) is 4.79 Å². The number of amides is 1. The molecule has 1 amide bonds. The normalized spacial score (nSPS) is 18.8. The molecule has 1 N–H and O–H groups in total. The van der Waals surface area contributed by atoms with E-state index >= 15 is 0 Å². The number of hydrogen-bond donors (Lipinski definition) is 1. The predicted molar refractivity (Wildman–Crippen MR) is 135 cm³/mol. The van der Waals surface area contributed by atoms with Crippen molar-refractivity contribution >= 4 is 46.6 Å². The van der Waals surface area contributed by atoms with E-state index in [-0.39, 0.29) is 11.9 Å². The van der Waals surface area contributed by atoms with Gasteiger partial charge in [0.05, 0.1) is 23.0 Å². The molecule has 7 nitrogen and oxygen atoms in total. The first-order valence-electron chi connectivity index (χ1n) is 11.6. The number of likely N-dealkylation sites (tertiary alicyclic amines) is 1. The predicted octanol–water partition coefficient (Wildman–Crippen LogP) is 5.35. The fourth-order valence-corrected chi connectivity index (χ4v) is 5.53. The molecule has 174 valence electrons. The Balaban J connectivity index is 1.49. The van der Waals surface area contributed by atoms with Gasteiger partial charge in [-0.05, 0) is 57.2 Å². The average molecular weight is 485 g/mol. The summed E-state index contributed by atoms with van der Waals surface area (Å²) in [6.45, 7) is 4.91. The van der Waals surface area contributed by atoms with Gasteiger partial charge < -0.3 is 14.5 Å². The second-order valence-corrected chi connectivity index (χ2v) is 9.87. The quantitative estimate of drug-likeness (QED) is 0.492. The van der Waals surface area contributed by atoms with Crippen molar-refractivity contribution in [2.24, 2.45) is 0 Å². The van der Waals surface area contributed by atoms with Crippen molar-refractivity contribution in [3.63, 3.8) is 0 Å². The van der Waals surface area contributed by atoms with Crippen molar-refractivity contribution in [2.45, 2.75) is 45.1 Å². The summed E-state index contributed by atoms with van der Waals surface area (Å²) in [6, 6.07) is 7.39. The number of halogens is 1. The molecule has 4 heterocycles. The molecular weight excluding hydrogens is 456 g/mol. The van der Waals surface area contributed by atoms with Gasteiger partial charge in [0.15, 0.2) is 5.65 Å². The summed E-state index contributed by atoms with van der Waals surface area (Å²) in [5, 5.41) is 5.42. The molecule has 2 aliphatic heterocycles. The molecule has 0 saturated carbocycles. The Morgan fingerprint density at radius 1 is 1.15 bits per heavy atom. The van der Waals surface area contributed by atoms with E-state index < -0.39 is 0 Å². The van der Waals surface area contributed by atoms with E-state index in [1.54, 1.807) is 12.1 Å². The molecule has 33 heavy (non-hydrogen) atoms. The second-order valence-electron chi connectivity index (χ2n) is 8.82. The van der Waals surface area contributed by atoms with Crippen molar-refractivity contribution < 1.29 is 4.79 Å². The standard InChI is InChI=1S/C24H29ClN6OS/c1-16-15-31-22(26-23(16)29-10-5-6-11-29)14-20(27-31)21-7-3-4-12-30(21)24(32)18-13-17(25)8-9-19(18)28-33-2/h8-9,13-15,21,28H,3-7,10-12H2,1-2H3/t21-/m0/s1. The Hall–Kier alpha value is -2.45. The highest BCUT2D eigenvalue weighted by Crippen LogP contribution is 2.34. The summed E-state index contributed by atoms with van der Waals surface area (Å²) in [5.41, 5.74) is 4.24. The Bertz CT molecular complexity index is 1180. The zero-order valence-electron chi connectivity index (χ0n) is 19.1. The molecule has 1 atom stereocenters. The van der Waals surface area contributed by atoms with E-state index in [1.165, 1.54) is 24.8 Å². The number of rotatable bonds is 5. The lowest BCUT2D eigenvalue weighted by molar-refractivity contribution is 0.0607. The SMILES string of the molecule is CSNc1ccc(Cl)cc1C(=O)N1CCCC[C@H]1c1cc2nc(N3CCCC3)c(C)cn2n1. The highest BCUT2D eigenvalue weighted by atomic mass is 35.5. The lowest BCUT2D eigenvalue weighted by atomic mass is 9.98. The van der Waals surface area contributed by atoms with E-state index in [9.17, 15) is 4.79 Å². The van der Waals surface area contributed by atoms with Gasteiger partial charge in [-0.2, -0.15) is 5.10 Å². The minimum atomic E-state index is -0.0791. The fraction of sp³-hybridized carbons (Fsp3) is 0.458. The van der Waals surface area contributed by atoms with Crippen LogP contribution in [0.2, 0.25) is 5.02 Å². The van der Waals surface area contributed by atoms with Crippen LogP contribution in [-0.2, 0) is 0 Å². The third-order valence-electron chi connectivity index (χ3n) is 6.56. The number of aromatic nitrogens is 3. The lowest BCUT2D eigenvalue weighted by Gasteiger charge is -2.35. The van der Waals surface area contributed by atoms with Crippen LogP contribution in [0.1, 0.15) is 59.8 Å². The minimum Gasteiger partial charge on any atom is -0.356 e. The van der Waals surface area contributed by atoms with Crippen LogP contribution in [0.4, 0.5) is 11.5 Å². The van der Waals surface area contributed by atoms with Gasteiger partial charge in [0.1, 0.15) is 5.82 Å². The Morgan fingerprint density at radius 3 is 2.73 bits per heavy atom. The zero-order valence-corrected chi connectivity index (χ0v) is 20.6. The first kappa shape index (κ1) is 22.3. The molecule has 1 aromatic carbocycles. The maximum Gasteiger partial charge on any atom is 0.256 e. The highest BCUT2D eigenvalue weighted by molar-refractivity contribution is 7.99. The van der Waals surface area contributed by atoms with Crippen LogP contribution < -0.4 is 9.62 Å². The van der Waals surface area contributed by atoms with E-state index in [0.717, 1.165) is 60.8 Å². The summed E-state index contributed by atoms with van der Waals surface area (Å²) < 4.78 is 5.08. The molecule has 5 rings (SSSR count). The smallest absolute Gasteiger partial charge is 0.256 e. The zero-order chi connectivity index (χ0) is 22.9. The molecule has 0 unspecified atom stereocenters. The monoisotopic (exact) mass is 484 g/mol. The lowest BCUT2D eigenvalue weighted by Crippen LogP contribution is -2.39. The number of nitrogens with one attached hydrogen (secondary N) is 1. The number of piperidine rings is 1. The molecule has 0 spiro atoms. The maximum absolute atomic E-state index is 13.7. The number of nitrogens with zero attached hydrogens (tertiary/aromatic N) is 5. The average Bonchev–Trinajstić information content (AvgIpc) is 3.49. The first-order valence-corrected chi connectivity index (χ1v) is 13.2. The van der Waals surface area contributed by atoms with Gasteiger partial charge in [-0.1, -0.05) is 23.5 Å². The van der Waals surface area contributed by atoms with Crippen LogP contribution >= 0.6 is 23.5 Å². The molecule has 2 aliphatic rings. The number of aryl methyl sites for hydroxylation is 1. The Morgan fingerprint density at radius 2 is 1.94 bits per heavy atom. The van der Waals surface area contributed by atoms with Crippen molar-refractivity contribution in [3.05, 3.63) is 52.3 Å².